The molecule has 5 nitrogen and oxygen atoms in total. The van der Waals surface area contributed by atoms with Gasteiger partial charge in [-0.05, 0) is 18.6 Å². The number of nitrogens with zero attached hydrogens (tertiary/aromatic N) is 1. The maximum absolute atomic E-state index is 13.5. The number of rotatable bonds is 3. The number of ether oxygens (including phenoxy) is 2. The van der Waals surface area contributed by atoms with Crippen molar-refractivity contribution in [2.45, 2.75) is 12.0 Å². The Balaban J connectivity index is 1.54. The summed E-state index contributed by atoms with van der Waals surface area (Å²) in [5, 5.41) is 6.41. The van der Waals surface area contributed by atoms with Crippen molar-refractivity contribution in [1.82, 2.24) is 10.3 Å². The Morgan fingerprint density at radius 1 is 1.55 bits per heavy atom. The van der Waals surface area contributed by atoms with E-state index in [4.69, 9.17) is 9.47 Å². The molecule has 2 unspecified atom stereocenters. The Hall–Kier alpha value is -1.24. The fraction of sp³-hybridized carbons (Fsp3) is 0.643. The topological polar surface area (TPSA) is 55.4 Å². The van der Waals surface area contributed by atoms with Crippen molar-refractivity contribution in [2.75, 3.05) is 44.8 Å². The molecule has 0 aromatic carbocycles. The zero-order valence-electron chi connectivity index (χ0n) is 11.4. The van der Waals surface area contributed by atoms with Gasteiger partial charge in [-0.25, -0.2) is 9.37 Å². The molecule has 1 aromatic rings. The monoisotopic (exact) mass is 281 g/mol. The molecule has 2 atom stereocenters. The van der Waals surface area contributed by atoms with Gasteiger partial charge in [0.1, 0.15) is 5.60 Å². The summed E-state index contributed by atoms with van der Waals surface area (Å²) >= 11 is 0. The zero-order valence-corrected chi connectivity index (χ0v) is 11.4. The molecule has 2 aliphatic rings. The third kappa shape index (κ3) is 3.08. The number of pyridine rings is 1. The Morgan fingerprint density at radius 2 is 2.50 bits per heavy atom. The molecule has 2 saturated heterocycles. The highest BCUT2D eigenvalue weighted by Crippen LogP contribution is 2.31. The van der Waals surface area contributed by atoms with Crippen molar-refractivity contribution in [1.29, 1.82) is 0 Å². The Morgan fingerprint density at radius 3 is 3.40 bits per heavy atom. The number of hydrogen-bond acceptors (Lipinski definition) is 5. The number of hydrogen-bond donors (Lipinski definition) is 2. The number of halogens is 1. The van der Waals surface area contributed by atoms with E-state index in [-0.39, 0.29) is 11.4 Å². The minimum absolute atomic E-state index is 0.217. The van der Waals surface area contributed by atoms with Crippen LogP contribution in [0.3, 0.4) is 0 Å². The van der Waals surface area contributed by atoms with Crippen molar-refractivity contribution < 1.29 is 13.9 Å². The fourth-order valence-corrected chi connectivity index (χ4v) is 2.82. The molecular formula is C14H20FN3O2. The van der Waals surface area contributed by atoms with E-state index >= 15 is 0 Å². The van der Waals surface area contributed by atoms with Gasteiger partial charge >= 0.3 is 0 Å². The molecule has 0 aliphatic carbocycles. The number of aromatic nitrogens is 1. The predicted octanol–water partition coefficient (Wildman–Crippen LogP) is 1.03. The summed E-state index contributed by atoms with van der Waals surface area (Å²) in [7, 11) is 0. The summed E-state index contributed by atoms with van der Waals surface area (Å²) in [5.74, 6) is 0.337. The zero-order chi connectivity index (χ0) is 13.8. The molecule has 3 rings (SSSR count). The second kappa shape index (κ2) is 6.03. The molecule has 2 aliphatic heterocycles. The number of anilines is 1. The van der Waals surface area contributed by atoms with Gasteiger partial charge in [0.2, 0.25) is 0 Å². The van der Waals surface area contributed by atoms with Gasteiger partial charge in [-0.2, -0.15) is 0 Å². The van der Waals surface area contributed by atoms with Crippen LogP contribution in [0.5, 0.6) is 0 Å². The molecule has 3 heterocycles. The largest absolute Gasteiger partial charge is 0.377 e. The first kappa shape index (κ1) is 13.7. The highest BCUT2D eigenvalue weighted by Gasteiger charge is 2.41. The maximum Gasteiger partial charge on any atom is 0.165 e. The first-order valence-corrected chi connectivity index (χ1v) is 7.04. The molecule has 2 N–H and O–H groups in total. The van der Waals surface area contributed by atoms with Gasteiger partial charge < -0.3 is 20.1 Å². The van der Waals surface area contributed by atoms with Gasteiger partial charge in [0, 0.05) is 31.7 Å². The lowest BCUT2D eigenvalue weighted by molar-refractivity contribution is -0.0471. The molecule has 6 heteroatoms. The van der Waals surface area contributed by atoms with Gasteiger partial charge in [-0.3, -0.25) is 0 Å². The second-order valence-corrected chi connectivity index (χ2v) is 5.51. The fourth-order valence-electron chi connectivity index (χ4n) is 2.82. The standard InChI is InChI=1S/C14H20FN3O2/c15-12-2-1-3-17-13(12)18-7-11-6-14(20-8-11)9-16-4-5-19-10-14/h1-3,11,16H,4-10H2,(H,17,18). The van der Waals surface area contributed by atoms with Crippen LogP contribution in [0, 0.1) is 11.7 Å². The molecule has 0 radical (unpaired) electrons. The maximum atomic E-state index is 13.5. The average molecular weight is 281 g/mol. The SMILES string of the molecule is Fc1cccnc1NCC1COC2(CNCCOC2)C1. The van der Waals surface area contributed by atoms with Crippen LogP contribution < -0.4 is 10.6 Å². The first-order valence-electron chi connectivity index (χ1n) is 7.04. The van der Waals surface area contributed by atoms with Gasteiger partial charge in [-0.1, -0.05) is 0 Å². The van der Waals surface area contributed by atoms with Crippen LogP contribution in [0.25, 0.3) is 0 Å². The quantitative estimate of drug-likeness (QED) is 0.866. The highest BCUT2D eigenvalue weighted by atomic mass is 19.1. The van der Waals surface area contributed by atoms with Gasteiger partial charge in [-0.15, -0.1) is 0 Å². The van der Waals surface area contributed by atoms with Crippen LogP contribution in [0.15, 0.2) is 18.3 Å². The first-order chi connectivity index (χ1) is 9.77. The van der Waals surface area contributed by atoms with Crippen LogP contribution in [-0.2, 0) is 9.47 Å². The third-order valence-corrected chi connectivity index (χ3v) is 3.84. The van der Waals surface area contributed by atoms with Gasteiger partial charge in [0.05, 0.1) is 19.8 Å². The average Bonchev–Trinajstić information content (AvgIpc) is 2.70. The summed E-state index contributed by atoms with van der Waals surface area (Å²) in [6.45, 7) is 4.39. The lowest BCUT2D eigenvalue weighted by Crippen LogP contribution is -2.42. The smallest absolute Gasteiger partial charge is 0.165 e. The van der Waals surface area contributed by atoms with Crippen molar-refractivity contribution in [3.8, 4) is 0 Å². The molecule has 2 fully saturated rings. The molecule has 20 heavy (non-hydrogen) atoms. The van der Waals surface area contributed by atoms with Crippen LogP contribution >= 0.6 is 0 Å². The van der Waals surface area contributed by atoms with Crippen molar-refractivity contribution >= 4 is 5.82 Å². The van der Waals surface area contributed by atoms with E-state index in [1.165, 1.54) is 6.07 Å². The molecule has 0 saturated carbocycles. The van der Waals surface area contributed by atoms with Crippen molar-refractivity contribution in [2.24, 2.45) is 5.92 Å². The van der Waals surface area contributed by atoms with Gasteiger partial charge in [0.25, 0.3) is 0 Å². The van der Waals surface area contributed by atoms with E-state index in [0.717, 1.165) is 26.1 Å². The minimum atomic E-state index is -0.319. The van der Waals surface area contributed by atoms with E-state index in [0.29, 0.717) is 31.5 Å². The molecule has 1 spiro atoms. The van der Waals surface area contributed by atoms with Gasteiger partial charge in [0.15, 0.2) is 11.6 Å². The third-order valence-electron chi connectivity index (χ3n) is 3.84. The van der Waals surface area contributed by atoms with Crippen molar-refractivity contribution in [3.63, 3.8) is 0 Å². The summed E-state index contributed by atoms with van der Waals surface area (Å²) in [5.41, 5.74) is -0.217. The van der Waals surface area contributed by atoms with Crippen LogP contribution in [0.2, 0.25) is 0 Å². The summed E-state index contributed by atoms with van der Waals surface area (Å²) in [4.78, 5) is 3.99. The summed E-state index contributed by atoms with van der Waals surface area (Å²) in [6.07, 6.45) is 2.50. The lowest BCUT2D eigenvalue weighted by atomic mass is 9.94. The van der Waals surface area contributed by atoms with E-state index in [2.05, 4.69) is 15.6 Å². The predicted molar refractivity (Wildman–Crippen MR) is 73.2 cm³/mol. The number of nitrogens with one attached hydrogen (secondary N) is 2. The molecular weight excluding hydrogens is 261 g/mol. The Labute approximate surface area is 117 Å². The molecule has 110 valence electrons. The van der Waals surface area contributed by atoms with E-state index in [9.17, 15) is 4.39 Å². The Bertz CT molecular complexity index is 450. The molecule has 0 bridgehead atoms. The minimum Gasteiger partial charge on any atom is -0.377 e. The Kier molecular flexibility index (Phi) is 4.14. The second-order valence-electron chi connectivity index (χ2n) is 5.51. The summed E-state index contributed by atoms with van der Waals surface area (Å²) in [6, 6.07) is 2.99. The molecule has 0 amide bonds. The van der Waals surface area contributed by atoms with E-state index in [1.54, 1.807) is 12.3 Å². The lowest BCUT2D eigenvalue weighted by Gasteiger charge is -2.25. The van der Waals surface area contributed by atoms with E-state index < -0.39 is 0 Å². The normalized spacial score (nSPS) is 30.4. The van der Waals surface area contributed by atoms with Crippen LogP contribution in [0.1, 0.15) is 6.42 Å². The molecule has 1 aromatic heterocycles. The van der Waals surface area contributed by atoms with Crippen molar-refractivity contribution in [3.05, 3.63) is 24.1 Å². The summed E-state index contributed by atoms with van der Waals surface area (Å²) < 4.78 is 25.0. The van der Waals surface area contributed by atoms with Crippen LogP contribution in [0.4, 0.5) is 10.2 Å². The van der Waals surface area contributed by atoms with E-state index in [1.807, 2.05) is 0 Å². The van der Waals surface area contributed by atoms with Crippen LogP contribution in [-0.4, -0.2) is 50.0 Å². The highest BCUT2D eigenvalue weighted by molar-refractivity contribution is 5.35.